The van der Waals surface area contributed by atoms with Crippen LogP contribution in [0.2, 0.25) is 0 Å². The Hall–Kier alpha value is -2.50. The number of hydrazone groups is 1. The van der Waals surface area contributed by atoms with Crippen molar-refractivity contribution in [3.8, 4) is 0 Å². The summed E-state index contributed by atoms with van der Waals surface area (Å²) in [4.78, 5) is 16.2. The van der Waals surface area contributed by atoms with Gasteiger partial charge in [0, 0.05) is 12.3 Å². The largest absolute Gasteiger partial charge is 0.361 e. The zero-order valence-electron chi connectivity index (χ0n) is 11.1. The Morgan fingerprint density at radius 3 is 3.15 bits per heavy atom. The minimum atomic E-state index is -0.377. The molecule has 1 aliphatic carbocycles. The lowest BCUT2D eigenvalue weighted by atomic mass is 9.95. The van der Waals surface area contributed by atoms with Gasteiger partial charge < -0.3 is 4.52 Å². The highest BCUT2D eigenvalue weighted by Crippen LogP contribution is 2.19. The van der Waals surface area contributed by atoms with Crippen LogP contribution in [0.15, 0.2) is 34.0 Å². The normalized spacial score (nSPS) is 15.9. The van der Waals surface area contributed by atoms with Gasteiger partial charge in [-0.15, -0.1) is 0 Å². The molecule has 2 heterocycles. The van der Waals surface area contributed by atoms with Crippen LogP contribution in [0.5, 0.6) is 0 Å². The van der Waals surface area contributed by atoms with Gasteiger partial charge in [0.2, 0.25) is 0 Å². The number of pyridine rings is 1. The standard InChI is InChI=1S/C14H14N4O2/c1-9-8-12(18-20-9)14(19)17-16-11-6-2-4-10-5-3-7-15-13(10)11/h3,5,7-8H,2,4,6H2,1H3,(H,17,19)/b16-11+. The highest BCUT2D eigenvalue weighted by atomic mass is 16.5. The number of hydrogen-bond donors (Lipinski definition) is 1. The van der Waals surface area contributed by atoms with Gasteiger partial charge in [0.1, 0.15) is 5.76 Å². The Balaban J connectivity index is 1.79. The van der Waals surface area contributed by atoms with E-state index in [1.54, 1.807) is 19.2 Å². The number of hydrogen-bond acceptors (Lipinski definition) is 5. The maximum Gasteiger partial charge on any atom is 0.293 e. The number of carbonyl (C=O) groups is 1. The molecule has 0 saturated carbocycles. The summed E-state index contributed by atoms with van der Waals surface area (Å²) in [5.74, 6) is 0.213. The van der Waals surface area contributed by atoms with Gasteiger partial charge in [-0.3, -0.25) is 9.78 Å². The van der Waals surface area contributed by atoms with Crippen molar-refractivity contribution in [2.45, 2.75) is 26.2 Å². The van der Waals surface area contributed by atoms with Gasteiger partial charge in [-0.1, -0.05) is 11.2 Å². The fourth-order valence-corrected chi connectivity index (χ4v) is 2.22. The lowest BCUT2D eigenvalue weighted by molar-refractivity contribution is 0.0945. The van der Waals surface area contributed by atoms with Gasteiger partial charge in [0.15, 0.2) is 5.69 Å². The summed E-state index contributed by atoms with van der Waals surface area (Å²) in [5.41, 5.74) is 5.58. The van der Waals surface area contributed by atoms with Crippen LogP contribution in [0.3, 0.4) is 0 Å². The Kier molecular flexibility index (Phi) is 3.28. The van der Waals surface area contributed by atoms with Gasteiger partial charge in [0.25, 0.3) is 5.91 Å². The molecule has 0 fully saturated rings. The maximum atomic E-state index is 11.9. The fraction of sp³-hybridized carbons (Fsp3) is 0.286. The van der Waals surface area contributed by atoms with E-state index in [0.29, 0.717) is 5.76 Å². The summed E-state index contributed by atoms with van der Waals surface area (Å²) in [5, 5.41) is 7.83. The summed E-state index contributed by atoms with van der Waals surface area (Å²) in [6, 6.07) is 5.53. The predicted molar refractivity (Wildman–Crippen MR) is 72.4 cm³/mol. The van der Waals surface area contributed by atoms with Crippen LogP contribution < -0.4 is 5.43 Å². The molecule has 2 aromatic rings. The molecule has 0 aromatic carbocycles. The number of rotatable bonds is 2. The van der Waals surface area contributed by atoms with Crippen molar-refractivity contribution >= 4 is 11.6 Å². The molecule has 1 aliphatic rings. The Bertz CT molecular complexity index is 675. The van der Waals surface area contributed by atoms with Crippen molar-refractivity contribution in [2.24, 2.45) is 5.10 Å². The van der Waals surface area contributed by atoms with Gasteiger partial charge in [-0.25, -0.2) is 5.43 Å². The Morgan fingerprint density at radius 2 is 2.35 bits per heavy atom. The molecule has 0 atom stereocenters. The summed E-state index contributed by atoms with van der Waals surface area (Å²) in [6.45, 7) is 1.73. The highest BCUT2D eigenvalue weighted by molar-refractivity contribution is 6.02. The van der Waals surface area contributed by atoms with Crippen molar-refractivity contribution in [2.75, 3.05) is 0 Å². The molecule has 102 valence electrons. The molecule has 0 saturated heterocycles. The smallest absolute Gasteiger partial charge is 0.293 e. The van der Waals surface area contributed by atoms with E-state index in [1.807, 2.05) is 12.1 Å². The van der Waals surface area contributed by atoms with E-state index in [2.05, 4.69) is 20.7 Å². The highest BCUT2D eigenvalue weighted by Gasteiger charge is 2.17. The first-order valence-corrected chi connectivity index (χ1v) is 6.48. The van der Waals surface area contributed by atoms with E-state index in [1.165, 1.54) is 5.56 Å². The van der Waals surface area contributed by atoms with Crippen LogP contribution in [-0.4, -0.2) is 21.8 Å². The second kappa shape index (κ2) is 5.24. The van der Waals surface area contributed by atoms with Gasteiger partial charge in [-0.05, 0) is 37.8 Å². The lowest BCUT2D eigenvalue weighted by Gasteiger charge is -2.15. The van der Waals surface area contributed by atoms with Crippen LogP contribution in [0, 0.1) is 6.92 Å². The number of amides is 1. The molecule has 3 rings (SSSR count). The van der Waals surface area contributed by atoms with E-state index >= 15 is 0 Å². The number of carbonyl (C=O) groups excluding carboxylic acids is 1. The molecule has 6 nitrogen and oxygen atoms in total. The molecular formula is C14H14N4O2. The van der Waals surface area contributed by atoms with Gasteiger partial charge >= 0.3 is 0 Å². The number of aryl methyl sites for hydroxylation is 2. The van der Waals surface area contributed by atoms with E-state index in [9.17, 15) is 4.79 Å². The average molecular weight is 270 g/mol. The third kappa shape index (κ3) is 2.45. The molecule has 1 N–H and O–H groups in total. The number of nitrogens with zero attached hydrogens (tertiary/aromatic N) is 3. The molecule has 0 radical (unpaired) electrons. The van der Waals surface area contributed by atoms with Crippen molar-refractivity contribution in [3.63, 3.8) is 0 Å². The van der Waals surface area contributed by atoms with Crippen LogP contribution in [0.1, 0.15) is 40.3 Å². The Morgan fingerprint density at radius 1 is 1.45 bits per heavy atom. The van der Waals surface area contributed by atoms with Crippen LogP contribution >= 0.6 is 0 Å². The van der Waals surface area contributed by atoms with Crippen LogP contribution in [-0.2, 0) is 6.42 Å². The maximum absolute atomic E-state index is 11.9. The molecule has 0 bridgehead atoms. The SMILES string of the molecule is Cc1cc(C(=O)N/N=C2\CCCc3cccnc32)no1. The molecule has 0 spiro atoms. The van der Waals surface area contributed by atoms with Crippen LogP contribution in [0.4, 0.5) is 0 Å². The Labute approximate surface area is 115 Å². The molecule has 2 aromatic heterocycles. The second-order valence-electron chi connectivity index (χ2n) is 4.69. The summed E-state index contributed by atoms with van der Waals surface area (Å²) < 4.78 is 4.86. The van der Waals surface area contributed by atoms with Crippen LogP contribution in [0.25, 0.3) is 0 Å². The van der Waals surface area contributed by atoms with Crippen molar-refractivity contribution in [1.29, 1.82) is 0 Å². The minimum absolute atomic E-state index is 0.226. The monoisotopic (exact) mass is 270 g/mol. The van der Waals surface area contributed by atoms with E-state index in [4.69, 9.17) is 4.52 Å². The quantitative estimate of drug-likeness (QED) is 0.844. The number of aromatic nitrogens is 2. The third-order valence-corrected chi connectivity index (χ3v) is 3.18. The van der Waals surface area contributed by atoms with Gasteiger partial charge in [-0.2, -0.15) is 5.10 Å². The lowest BCUT2D eigenvalue weighted by Crippen LogP contribution is -2.23. The van der Waals surface area contributed by atoms with E-state index < -0.39 is 0 Å². The first kappa shape index (κ1) is 12.5. The van der Waals surface area contributed by atoms with Crippen molar-refractivity contribution in [3.05, 3.63) is 47.1 Å². The van der Waals surface area contributed by atoms with E-state index in [0.717, 1.165) is 30.7 Å². The second-order valence-corrected chi connectivity index (χ2v) is 4.69. The first-order valence-electron chi connectivity index (χ1n) is 6.48. The fourth-order valence-electron chi connectivity index (χ4n) is 2.22. The predicted octanol–water partition coefficient (Wildman–Crippen LogP) is 1.85. The average Bonchev–Trinajstić information content (AvgIpc) is 2.91. The minimum Gasteiger partial charge on any atom is -0.361 e. The summed E-state index contributed by atoms with van der Waals surface area (Å²) in [7, 11) is 0. The molecule has 0 aliphatic heterocycles. The first-order chi connectivity index (χ1) is 9.74. The molecule has 6 heteroatoms. The van der Waals surface area contributed by atoms with Crippen molar-refractivity contribution < 1.29 is 9.32 Å². The summed E-state index contributed by atoms with van der Waals surface area (Å²) >= 11 is 0. The molecule has 20 heavy (non-hydrogen) atoms. The topological polar surface area (TPSA) is 80.4 Å². The van der Waals surface area contributed by atoms with E-state index in [-0.39, 0.29) is 11.6 Å². The zero-order chi connectivity index (χ0) is 13.9. The molecule has 0 unspecified atom stereocenters. The third-order valence-electron chi connectivity index (χ3n) is 3.18. The summed E-state index contributed by atoms with van der Waals surface area (Å²) in [6.07, 6.45) is 4.56. The molecule has 1 amide bonds. The molecular weight excluding hydrogens is 256 g/mol. The number of fused-ring (bicyclic) bond motifs is 1. The van der Waals surface area contributed by atoms with Gasteiger partial charge in [0.05, 0.1) is 11.4 Å². The zero-order valence-corrected chi connectivity index (χ0v) is 11.1. The van der Waals surface area contributed by atoms with Crippen molar-refractivity contribution in [1.82, 2.24) is 15.6 Å². The number of nitrogens with one attached hydrogen (secondary N) is 1.